The molecule has 8 unspecified atom stereocenters. The highest BCUT2D eigenvalue weighted by Gasteiger charge is 2.30. The first-order chi connectivity index (χ1) is 22.4. The summed E-state index contributed by atoms with van der Waals surface area (Å²) in [5.74, 6) is 4.91. The van der Waals surface area contributed by atoms with E-state index in [1.54, 1.807) is 11.1 Å². The average Bonchev–Trinajstić information content (AvgIpc) is 3.08. The Balaban J connectivity index is 1.05. The molecule has 0 aliphatic heterocycles. The normalized spacial score (nSPS) is 33.7. The monoisotopic (exact) mass is 610 g/mol. The molecule has 0 bridgehead atoms. The van der Waals surface area contributed by atoms with Gasteiger partial charge in [0.25, 0.3) is 0 Å². The molecule has 6 rings (SSSR count). The molecule has 242 valence electrons. The van der Waals surface area contributed by atoms with Gasteiger partial charge in [-0.1, -0.05) is 157 Å². The van der Waals surface area contributed by atoms with E-state index in [1.807, 2.05) is 0 Å². The Morgan fingerprint density at radius 1 is 0.435 bits per heavy atom. The maximum Gasteiger partial charge on any atom is 0.00527 e. The van der Waals surface area contributed by atoms with E-state index in [-0.39, 0.29) is 0 Å². The zero-order chi connectivity index (χ0) is 31.9. The molecule has 0 nitrogen and oxygen atoms in total. The minimum absolute atomic E-state index is 0.547. The molecule has 6 aliphatic rings. The van der Waals surface area contributed by atoms with Gasteiger partial charge in [-0.15, -0.1) is 0 Å². The lowest BCUT2D eigenvalue weighted by Gasteiger charge is -2.34. The molecular weight excluding hydrogens is 553 g/mol. The van der Waals surface area contributed by atoms with Crippen molar-refractivity contribution in [1.29, 1.82) is 0 Å². The van der Waals surface area contributed by atoms with Crippen LogP contribution in [0.25, 0.3) is 0 Å². The summed E-state index contributed by atoms with van der Waals surface area (Å²) < 4.78 is 0. The van der Waals surface area contributed by atoms with Crippen LogP contribution in [0.2, 0.25) is 0 Å². The molecule has 8 atom stereocenters. The lowest BCUT2D eigenvalue weighted by Crippen LogP contribution is -2.24. The molecule has 0 aromatic rings. The second-order valence-corrected chi connectivity index (χ2v) is 15.2. The SMILES string of the molecule is CC1=CCC(C2=CC(CCCCCCC3C=C(C4C=CC(C)=CC4)C=CC3C3C=CC(C)=CC3)C(C3C=CC(C)=CC3)C=C2)C=C1. The molecule has 0 fully saturated rings. The van der Waals surface area contributed by atoms with Crippen molar-refractivity contribution in [2.75, 3.05) is 0 Å². The van der Waals surface area contributed by atoms with E-state index < -0.39 is 0 Å². The third-order valence-electron chi connectivity index (χ3n) is 11.7. The highest BCUT2D eigenvalue weighted by Crippen LogP contribution is 2.41. The van der Waals surface area contributed by atoms with Crippen molar-refractivity contribution in [3.8, 4) is 0 Å². The molecule has 0 aromatic heterocycles. The molecule has 0 heteroatoms. The second kappa shape index (κ2) is 15.6. The minimum atomic E-state index is 0.547. The molecule has 0 saturated carbocycles. The third kappa shape index (κ3) is 8.42. The standard InChI is InChI=1S/C46H58/c1-33-11-19-37(20-12-33)41-27-29-45(39-23-15-35(3)16-24-39)43(31-41)9-7-5-6-8-10-44-32-42(38-21-13-34(2)14-22-38)28-30-46(44)40-25-17-36(4)18-26-40/h11-19,21,23,25,27-32,37-40,43-46H,5-10,20,22,24,26H2,1-4H3. The second-order valence-electron chi connectivity index (χ2n) is 15.2. The van der Waals surface area contributed by atoms with E-state index in [9.17, 15) is 0 Å². The fourth-order valence-corrected chi connectivity index (χ4v) is 8.65. The van der Waals surface area contributed by atoms with Gasteiger partial charge in [0.2, 0.25) is 0 Å². The van der Waals surface area contributed by atoms with Crippen molar-refractivity contribution in [2.45, 2.75) is 91.9 Å². The Hall–Kier alpha value is -3.12. The van der Waals surface area contributed by atoms with Crippen LogP contribution in [0.15, 0.2) is 143 Å². The van der Waals surface area contributed by atoms with Gasteiger partial charge in [0.05, 0.1) is 0 Å². The van der Waals surface area contributed by atoms with Gasteiger partial charge in [0.1, 0.15) is 0 Å². The molecule has 6 aliphatic carbocycles. The van der Waals surface area contributed by atoms with E-state index in [0.29, 0.717) is 47.3 Å². The Kier molecular flexibility index (Phi) is 11.2. The van der Waals surface area contributed by atoms with Crippen LogP contribution in [0.1, 0.15) is 91.9 Å². The topological polar surface area (TPSA) is 0 Å². The van der Waals surface area contributed by atoms with Gasteiger partial charge < -0.3 is 0 Å². The van der Waals surface area contributed by atoms with Crippen molar-refractivity contribution in [2.24, 2.45) is 47.3 Å². The van der Waals surface area contributed by atoms with Gasteiger partial charge in [0.15, 0.2) is 0 Å². The van der Waals surface area contributed by atoms with Crippen molar-refractivity contribution in [1.82, 2.24) is 0 Å². The first-order valence-electron chi connectivity index (χ1n) is 18.6. The smallest absolute Gasteiger partial charge is 0.00527 e. The molecule has 0 amide bonds. The van der Waals surface area contributed by atoms with Crippen molar-refractivity contribution >= 4 is 0 Å². The van der Waals surface area contributed by atoms with E-state index in [1.165, 1.54) is 73.7 Å². The van der Waals surface area contributed by atoms with Crippen LogP contribution in [0.3, 0.4) is 0 Å². The Morgan fingerprint density at radius 3 is 1.17 bits per heavy atom. The fourth-order valence-electron chi connectivity index (χ4n) is 8.65. The van der Waals surface area contributed by atoms with E-state index in [0.717, 1.165) is 12.8 Å². The number of hydrogen-bond acceptors (Lipinski definition) is 0. The maximum atomic E-state index is 2.68. The summed E-state index contributed by atoms with van der Waals surface area (Å²) in [5.41, 5.74) is 8.75. The fraction of sp³-hybridized carbons (Fsp3) is 0.478. The zero-order valence-corrected chi connectivity index (χ0v) is 29.1. The summed E-state index contributed by atoms with van der Waals surface area (Å²) in [6.07, 6.45) is 57.1. The van der Waals surface area contributed by atoms with Crippen molar-refractivity contribution < 1.29 is 0 Å². The molecule has 0 N–H and O–H groups in total. The van der Waals surface area contributed by atoms with Crippen LogP contribution >= 0.6 is 0 Å². The van der Waals surface area contributed by atoms with Crippen LogP contribution < -0.4 is 0 Å². The Labute approximate surface area is 281 Å². The highest BCUT2D eigenvalue weighted by molar-refractivity contribution is 5.38. The molecule has 46 heavy (non-hydrogen) atoms. The number of rotatable bonds is 11. The van der Waals surface area contributed by atoms with Crippen LogP contribution in [0, 0.1) is 47.3 Å². The van der Waals surface area contributed by atoms with Crippen LogP contribution in [0.4, 0.5) is 0 Å². The first-order valence-corrected chi connectivity index (χ1v) is 18.6. The van der Waals surface area contributed by atoms with Gasteiger partial charge >= 0.3 is 0 Å². The van der Waals surface area contributed by atoms with Gasteiger partial charge in [-0.3, -0.25) is 0 Å². The average molecular weight is 611 g/mol. The Morgan fingerprint density at radius 2 is 0.826 bits per heavy atom. The first kappa shape index (κ1) is 32.8. The summed E-state index contributed by atoms with van der Waals surface area (Å²) in [4.78, 5) is 0. The summed E-state index contributed by atoms with van der Waals surface area (Å²) in [5, 5.41) is 0. The van der Waals surface area contributed by atoms with Crippen molar-refractivity contribution in [3.05, 3.63) is 143 Å². The summed E-state index contributed by atoms with van der Waals surface area (Å²) in [7, 11) is 0. The predicted octanol–water partition coefficient (Wildman–Crippen LogP) is 12.9. The quantitative estimate of drug-likeness (QED) is 0.204. The third-order valence-corrected chi connectivity index (χ3v) is 11.7. The number of hydrogen-bond donors (Lipinski definition) is 0. The van der Waals surface area contributed by atoms with Gasteiger partial charge in [-0.2, -0.15) is 0 Å². The van der Waals surface area contributed by atoms with Gasteiger partial charge in [-0.25, -0.2) is 0 Å². The predicted molar refractivity (Wildman–Crippen MR) is 200 cm³/mol. The van der Waals surface area contributed by atoms with Gasteiger partial charge in [-0.05, 0) is 113 Å². The lowest BCUT2D eigenvalue weighted by molar-refractivity contribution is 0.328. The lowest BCUT2D eigenvalue weighted by atomic mass is 9.71. The minimum Gasteiger partial charge on any atom is -0.0810 e. The largest absolute Gasteiger partial charge is 0.0810 e. The van der Waals surface area contributed by atoms with Crippen molar-refractivity contribution in [3.63, 3.8) is 0 Å². The summed E-state index contributed by atoms with van der Waals surface area (Å²) >= 11 is 0. The summed E-state index contributed by atoms with van der Waals surface area (Å²) in [6.45, 7) is 8.92. The van der Waals surface area contributed by atoms with E-state index >= 15 is 0 Å². The number of allylic oxidation sites excluding steroid dienone is 24. The highest BCUT2D eigenvalue weighted by atomic mass is 14.3. The van der Waals surface area contributed by atoms with Crippen LogP contribution in [-0.2, 0) is 0 Å². The molecular formula is C46H58. The zero-order valence-electron chi connectivity index (χ0n) is 29.1. The molecule has 0 radical (unpaired) electrons. The molecule has 0 saturated heterocycles. The molecule has 0 heterocycles. The number of unbranched alkanes of at least 4 members (excludes halogenated alkanes) is 3. The molecule has 0 aromatic carbocycles. The van der Waals surface area contributed by atoms with E-state index in [2.05, 4.69) is 137 Å². The maximum absolute atomic E-state index is 2.68. The molecule has 0 spiro atoms. The van der Waals surface area contributed by atoms with E-state index in [4.69, 9.17) is 0 Å². The van der Waals surface area contributed by atoms with Crippen LogP contribution in [0.5, 0.6) is 0 Å². The van der Waals surface area contributed by atoms with Crippen LogP contribution in [-0.4, -0.2) is 0 Å². The Bertz CT molecular complexity index is 1350. The van der Waals surface area contributed by atoms with Gasteiger partial charge in [0, 0.05) is 11.8 Å². The summed E-state index contributed by atoms with van der Waals surface area (Å²) in [6, 6.07) is 0.